The molecule has 0 amide bonds. The predicted molar refractivity (Wildman–Crippen MR) is 74.6 cm³/mol. The van der Waals surface area contributed by atoms with Crippen molar-refractivity contribution in [2.75, 3.05) is 0 Å². The van der Waals surface area contributed by atoms with E-state index in [1.165, 1.54) is 0 Å². The van der Waals surface area contributed by atoms with Gasteiger partial charge in [-0.25, -0.2) is 0 Å². The van der Waals surface area contributed by atoms with Crippen molar-refractivity contribution in [3.8, 4) is 5.75 Å². The number of benzene rings is 2. The summed E-state index contributed by atoms with van der Waals surface area (Å²) in [6.45, 7) is 0. The minimum atomic E-state index is -0.176. The Kier molecular flexibility index (Phi) is 3.26. The van der Waals surface area contributed by atoms with Crippen LogP contribution in [0.2, 0.25) is 5.02 Å². The van der Waals surface area contributed by atoms with Gasteiger partial charge >= 0.3 is 5.97 Å². The molecule has 0 radical (unpaired) electrons. The molecule has 1 atom stereocenters. The summed E-state index contributed by atoms with van der Waals surface area (Å²) in [5, 5.41) is 0.709. The van der Waals surface area contributed by atoms with Crippen LogP contribution in [0.1, 0.15) is 23.5 Å². The molecule has 0 saturated carbocycles. The molecule has 1 aliphatic rings. The first-order valence-corrected chi connectivity index (χ1v) is 6.64. The molecule has 2 nitrogen and oxygen atoms in total. The molecule has 0 aliphatic carbocycles. The standard InChI is InChI=1S/C16H13ClO2/c17-14-7-5-11(6-8-14)13-9-12-3-1-2-4-15(12)19-16(18)10-13/h1-8,13H,9-10H2. The van der Waals surface area contributed by atoms with Gasteiger partial charge in [-0.05, 0) is 41.7 Å². The first kappa shape index (κ1) is 12.2. The lowest BCUT2D eigenvalue weighted by Crippen LogP contribution is -2.10. The summed E-state index contributed by atoms with van der Waals surface area (Å²) in [6.07, 6.45) is 1.21. The van der Waals surface area contributed by atoms with Gasteiger partial charge in [-0.1, -0.05) is 41.9 Å². The highest BCUT2D eigenvalue weighted by molar-refractivity contribution is 6.30. The number of rotatable bonds is 1. The van der Waals surface area contributed by atoms with Crippen molar-refractivity contribution in [3.05, 3.63) is 64.7 Å². The molecular formula is C16H13ClO2. The van der Waals surface area contributed by atoms with Crippen LogP contribution in [0.25, 0.3) is 0 Å². The molecule has 0 bridgehead atoms. The van der Waals surface area contributed by atoms with Crippen molar-refractivity contribution in [3.63, 3.8) is 0 Å². The van der Waals surface area contributed by atoms with Crippen LogP contribution in [0.3, 0.4) is 0 Å². The van der Waals surface area contributed by atoms with Gasteiger partial charge in [0, 0.05) is 5.02 Å². The molecule has 3 heteroatoms. The third-order valence-corrected chi connectivity index (χ3v) is 3.67. The Balaban J connectivity index is 1.95. The van der Waals surface area contributed by atoms with Gasteiger partial charge in [-0.3, -0.25) is 4.79 Å². The number of carbonyl (C=O) groups is 1. The molecule has 19 heavy (non-hydrogen) atoms. The van der Waals surface area contributed by atoms with Crippen molar-refractivity contribution < 1.29 is 9.53 Å². The topological polar surface area (TPSA) is 26.3 Å². The molecule has 1 heterocycles. The zero-order valence-electron chi connectivity index (χ0n) is 10.3. The maximum Gasteiger partial charge on any atom is 0.311 e. The van der Waals surface area contributed by atoms with Gasteiger partial charge in [-0.15, -0.1) is 0 Å². The van der Waals surface area contributed by atoms with Gasteiger partial charge in [-0.2, -0.15) is 0 Å². The third kappa shape index (κ3) is 2.64. The van der Waals surface area contributed by atoms with Crippen molar-refractivity contribution in [1.29, 1.82) is 0 Å². The predicted octanol–water partition coefficient (Wildman–Crippen LogP) is 3.98. The molecule has 96 valence electrons. The molecule has 3 rings (SSSR count). The fraction of sp³-hybridized carbons (Fsp3) is 0.188. The van der Waals surface area contributed by atoms with Crippen LogP contribution in [-0.4, -0.2) is 5.97 Å². The second-order valence-electron chi connectivity index (χ2n) is 4.74. The Hall–Kier alpha value is -1.80. The zero-order chi connectivity index (χ0) is 13.2. The average molecular weight is 273 g/mol. The maximum atomic E-state index is 11.8. The molecule has 2 aromatic rings. The number of fused-ring (bicyclic) bond motifs is 1. The van der Waals surface area contributed by atoms with Crippen molar-refractivity contribution in [1.82, 2.24) is 0 Å². The van der Waals surface area contributed by atoms with Gasteiger partial charge < -0.3 is 4.74 Å². The Morgan fingerprint density at radius 3 is 2.53 bits per heavy atom. The first-order valence-electron chi connectivity index (χ1n) is 6.26. The van der Waals surface area contributed by atoms with E-state index in [0.29, 0.717) is 17.2 Å². The quantitative estimate of drug-likeness (QED) is 0.580. The highest BCUT2D eigenvalue weighted by atomic mass is 35.5. The number of para-hydroxylation sites is 1. The number of halogens is 1. The second kappa shape index (κ2) is 5.06. The third-order valence-electron chi connectivity index (χ3n) is 3.42. The summed E-state index contributed by atoms with van der Waals surface area (Å²) in [6, 6.07) is 15.4. The van der Waals surface area contributed by atoms with Crippen LogP contribution in [0.5, 0.6) is 5.75 Å². The van der Waals surface area contributed by atoms with Crippen LogP contribution in [0.15, 0.2) is 48.5 Å². The summed E-state index contributed by atoms with van der Waals surface area (Å²) in [7, 11) is 0. The van der Waals surface area contributed by atoms with E-state index in [2.05, 4.69) is 0 Å². The Morgan fingerprint density at radius 2 is 1.74 bits per heavy atom. The summed E-state index contributed by atoms with van der Waals surface area (Å²) in [5.41, 5.74) is 2.20. The molecule has 1 aliphatic heterocycles. The lowest BCUT2D eigenvalue weighted by molar-refractivity contribution is -0.134. The monoisotopic (exact) mass is 272 g/mol. The summed E-state index contributed by atoms with van der Waals surface area (Å²) < 4.78 is 5.37. The van der Waals surface area contributed by atoms with E-state index in [-0.39, 0.29) is 11.9 Å². The highest BCUT2D eigenvalue weighted by Gasteiger charge is 2.24. The Labute approximate surface area is 117 Å². The zero-order valence-corrected chi connectivity index (χ0v) is 11.1. The van der Waals surface area contributed by atoms with E-state index < -0.39 is 0 Å². The molecule has 0 spiro atoms. The van der Waals surface area contributed by atoms with Gasteiger partial charge in [0.2, 0.25) is 0 Å². The molecule has 0 fully saturated rings. The highest BCUT2D eigenvalue weighted by Crippen LogP contribution is 2.33. The fourth-order valence-electron chi connectivity index (χ4n) is 2.45. The number of hydrogen-bond acceptors (Lipinski definition) is 2. The van der Waals surface area contributed by atoms with Crippen LogP contribution in [-0.2, 0) is 11.2 Å². The number of carbonyl (C=O) groups excluding carboxylic acids is 1. The molecule has 1 unspecified atom stereocenters. The Bertz CT molecular complexity index is 604. The van der Waals surface area contributed by atoms with E-state index in [1.807, 2.05) is 48.5 Å². The van der Waals surface area contributed by atoms with Gasteiger partial charge in [0.05, 0.1) is 6.42 Å². The largest absolute Gasteiger partial charge is 0.426 e. The lowest BCUT2D eigenvalue weighted by Gasteiger charge is -2.13. The maximum absolute atomic E-state index is 11.8. The normalized spacial score (nSPS) is 18.4. The van der Waals surface area contributed by atoms with Crippen LogP contribution in [0, 0.1) is 0 Å². The van der Waals surface area contributed by atoms with Gasteiger partial charge in [0.1, 0.15) is 5.75 Å². The lowest BCUT2D eigenvalue weighted by atomic mass is 9.90. The average Bonchev–Trinajstić information content (AvgIpc) is 2.57. The summed E-state index contributed by atoms with van der Waals surface area (Å²) >= 11 is 5.90. The van der Waals surface area contributed by atoms with E-state index in [9.17, 15) is 4.79 Å². The fourth-order valence-corrected chi connectivity index (χ4v) is 2.57. The van der Waals surface area contributed by atoms with Gasteiger partial charge in [0.25, 0.3) is 0 Å². The molecule has 2 aromatic carbocycles. The van der Waals surface area contributed by atoms with Crippen molar-refractivity contribution in [2.45, 2.75) is 18.8 Å². The number of hydrogen-bond donors (Lipinski definition) is 0. The van der Waals surface area contributed by atoms with E-state index >= 15 is 0 Å². The summed E-state index contributed by atoms with van der Waals surface area (Å²) in [4.78, 5) is 11.8. The molecule has 0 saturated heterocycles. The first-order chi connectivity index (χ1) is 9.22. The van der Waals surface area contributed by atoms with Gasteiger partial charge in [0.15, 0.2) is 0 Å². The van der Waals surface area contributed by atoms with Crippen LogP contribution < -0.4 is 4.74 Å². The Morgan fingerprint density at radius 1 is 1.00 bits per heavy atom. The molecule has 0 N–H and O–H groups in total. The minimum Gasteiger partial charge on any atom is -0.426 e. The van der Waals surface area contributed by atoms with E-state index in [4.69, 9.17) is 16.3 Å². The van der Waals surface area contributed by atoms with Crippen LogP contribution >= 0.6 is 11.6 Å². The number of esters is 1. The SMILES string of the molecule is O=C1CC(c2ccc(Cl)cc2)Cc2ccccc2O1. The van der Waals surface area contributed by atoms with Crippen molar-refractivity contribution >= 4 is 17.6 Å². The second-order valence-corrected chi connectivity index (χ2v) is 5.17. The van der Waals surface area contributed by atoms with Crippen LogP contribution in [0.4, 0.5) is 0 Å². The van der Waals surface area contributed by atoms with E-state index in [1.54, 1.807) is 0 Å². The van der Waals surface area contributed by atoms with Crippen molar-refractivity contribution in [2.24, 2.45) is 0 Å². The smallest absolute Gasteiger partial charge is 0.311 e. The molecule has 0 aromatic heterocycles. The minimum absolute atomic E-state index is 0.147. The molecular weight excluding hydrogens is 260 g/mol. The van der Waals surface area contributed by atoms with E-state index in [0.717, 1.165) is 17.5 Å². The number of ether oxygens (including phenoxy) is 1. The summed E-state index contributed by atoms with van der Waals surface area (Å²) in [5.74, 6) is 0.655.